The van der Waals surface area contributed by atoms with Gasteiger partial charge >= 0.3 is 5.97 Å². The predicted molar refractivity (Wildman–Crippen MR) is 124 cm³/mol. The standard InChI is InChI=1S/C26H26N2O6/c1-16(28-24(30)21-5-3-4-6-22(21)25(28)31)26(32)34-15-17-7-9-18(10-8-17)23(29)27-19-11-13-20(33-2)14-12-19/h3-4,7-14,16,21-22H,5-6,15H2,1-2H3,(H,27,29)/t16-,21-,22-/m0/s1. The molecule has 0 radical (unpaired) electrons. The normalized spacial score (nSPS) is 20.0. The number of imide groups is 1. The molecule has 34 heavy (non-hydrogen) atoms. The number of likely N-dealkylation sites (tertiary alicyclic amines) is 1. The number of nitrogens with zero attached hydrogens (tertiary/aromatic N) is 1. The highest BCUT2D eigenvalue weighted by atomic mass is 16.5. The second kappa shape index (κ2) is 9.91. The van der Waals surface area contributed by atoms with Crippen molar-refractivity contribution in [2.24, 2.45) is 11.8 Å². The number of carbonyl (C=O) groups is 4. The van der Waals surface area contributed by atoms with Crippen molar-refractivity contribution in [1.29, 1.82) is 0 Å². The Kier molecular flexibility index (Phi) is 6.77. The fourth-order valence-electron chi connectivity index (χ4n) is 4.22. The lowest BCUT2D eigenvalue weighted by Gasteiger charge is -2.21. The zero-order valence-electron chi connectivity index (χ0n) is 19.0. The van der Waals surface area contributed by atoms with E-state index in [2.05, 4.69) is 5.32 Å². The molecule has 0 unspecified atom stereocenters. The second-order valence-electron chi connectivity index (χ2n) is 8.37. The van der Waals surface area contributed by atoms with E-state index < -0.39 is 12.0 Å². The Balaban J connectivity index is 1.31. The Morgan fingerprint density at radius 3 is 2.12 bits per heavy atom. The van der Waals surface area contributed by atoms with Gasteiger partial charge in [-0.1, -0.05) is 24.3 Å². The van der Waals surface area contributed by atoms with E-state index in [4.69, 9.17) is 9.47 Å². The van der Waals surface area contributed by atoms with Crippen molar-refractivity contribution in [1.82, 2.24) is 4.90 Å². The Morgan fingerprint density at radius 2 is 1.56 bits per heavy atom. The van der Waals surface area contributed by atoms with Crippen LogP contribution in [0.15, 0.2) is 60.7 Å². The van der Waals surface area contributed by atoms with E-state index in [1.54, 1.807) is 55.6 Å². The Bertz CT molecular complexity index is 1100. The lowest BCUT2D eigenvalue weighted by molar-refractivity contribution is -0.159. The van der Waals surface area contributed by atoms with Crippen LogP contribution < -0.4 is 10.1 Å². The molecule has 2 aromatic rings. The first-order chi connectivity index (χ1) is 16.4. The SMILES string of the molecule is COc1ccc(NC(=O)c2ccc(COC(=O)[C@H](C)N3C(=O)[C@H]4CC=CC[C@@H]4C3=O)cc2)cc1. The van der Waals surface area contributed by atoms with Gasteiger partial charge in [0.25, 0.3) is 5.91 Å². The van der Waals surface area contributed by atoms with Crippen LogP contribution in [0, 0.1) is 11.8 Å². The maximum atomic E-state index is 12.7. The van der Waals surface area contributed by atoms with Crippen molar-refractivity contribution in [3.63, 3.8) is 0 Å². The lowest BCUT2D eigenvalue weighted by Crippen LogP contribution is -2.44. The summed E-state index contributed by atoms with van der Waals surface area (Å²) in [5, 5.41) is 2.80. The first kappa shape index (κ1) is 23.2. The fourth-order valence-corrected chi connectivity index (χ4v) is 4.22. The molecule has 1 aliphatic carbocycles. The quantitative estimate of drug-likeness (QED) is 0.385. The van der Waals surface area contributed by atoms with E-state index in [9.17, 15) is 19.2 Å². The monoisotopic (exact) mass is 462 g/mol. The van der Waals surface area contributed by atoms with Gasteiger partial charge in [-0.3, -0.25) is 19.3 Å². The van der Waals surface area contributed by atoms with Crippen LogP contribution in [0.25, 0.3) is 0 Å². The van der Waals surface area contributed by atoms with E-state index in [0.717, 1.165) is 4.90 Å². The minimum absolute atomic E-state index is 0.0335. The Labute approximate surface area is 197 Å². The number of methoxy groups -OCH3 is 1. The van der Waals surface area contributed by atoms with Gasteiger partial charge in [0.1, 0.15) is 18.4 Å². The number of benzene rings is 2. The van der Waals surface area contributed by atoms with Crippen LogP contribution >= 0.6 is 0 Å². The summed E-state index contributed by atoms with van der Waals surface area (Å²) < 4.78 is 10.5. The number of nitrogens with one attached hydrogen (secondary N) is 1. The number of allylic oxidation sites excluding steroid dienone is 2. The van der Waals surface area contributed by atoms with Crippen LogP contribution in [-0.2, 0) is 25.7 Å². The van der Waals surface area contributed by atoms with Gasteiger partial charge < -0.3 is 14.8 Å². The molecule has 1 aliphatic heterocycles. The molecule has 4 rings (SSSR count). The molecular weight excluding hydrogens is 436 g/mol. The summed E-state index contributed by atoms with van der Waals surface area (Å²) >= 11 is 0. The summed E-state index contributed by atoms with van der Waals surface area (Å²) in [7, 11) is 1.57. The largest absolute Gasteiger partial charge is 0.497 e. The van der Waals surface area contributed by atoms with Gasteiger partial charge in [0.05, 0.1) is 18.9 Å². The molecule has 0 bridgehead atoms. The highest BCUT2D eigenvalue weighted by molar-refractivity contribution is 6.08. The predicted octanol–water partition coefficient (Wildman–Crippen LogP) is 3.33. The van der Waals surface area contributed by atoms with Crippen LogP contribution in [0.4, 0.5) is 5.69 Å². The molecule has 1 saturated heterocycles. The van der Waals surface area contributed by atoms with E-state index in [0.29, 0.717) is 35.4 Å². The molecule has 0 spiro atoms. The lowest BCUT2D eigenvalue weighted by atomic mass is 9.85. The number of hydrogen-bond donors (Lipinski definition) is 1. The van der Waals surface area contributed by atoms with E-state index in [1.807, 2.05) is 12.2 Å². The molecule has 0 saturated carbocycles. The summed E-state index contributed by atoms with van der Waals surface area (Å²) in [5.41, 5.74) is 1.77. The topological polar surface area (TPSA) is 102 Å². The summed E-state index contributed by atoms with van der Waals surface area (Å²) in [4.78, 5) is 51.4. The average molecular weight is 463 g/mol. The van der Waals surface area contributed by atoms with Crippen molar-refractivity contribution < 1.29 is 28.7 Å². The van der Waals surface area contributed by atoms with Gasteiger partial charge in [-0.05, 0) is 61.7 Å². The van der Waals surface area contributed by atoms with Crippen LogP contribution in [-0.4, -0.2) is 41.7 Å². The third kappa shape index (κ3) is 4.71. The third-order valence-corrected chi connectivity index (χ3v) is 6.22. The molecule has 3 atom stereocenters. The zero-order valence-corrected chi connectivity index (χ0v) is 19.0. The molecule has 2 aliphatic rings. The highest BCUT2D eigenvalue weighted by Gasteiger charge is 2.50. The number of esters is 1. The van der Waals surface area contributed by atoms with Crippen LogP contribution in [0.1, 0.15) is 35.7 Å². The molecule has 8 heteroatoms. The van der Waals surface area contributed by atoms with Crippen LogP contribution in [0.3, 0.4) is 0 Å². The molecular formula is C26H26N2O6. The number of rotatable bonds is 7. The first-order valence-electron chi connectivity index (χ1n) is 11.1. The van der Waals surface area contributed by atoms with Gasteiger partial charge in [0, 0.05) is 11.3 Å². The van der Waals surface area contributed by atoms with Gasteiger partial charge in [-0.15, -0.1) is 0 Å². The minimum Gasteiger partial charge on any atom is -0.497 e. The summed E-state index contributed by atoms with van der Waals surface area (Å²) in [6.07, 6.45) is 4.84. The molecule has 176 valence electrons. The summed E-state index contributed by atoms with van der Waals surface area (Å²) in [6, 6.07) is 12.7. The van der Waals surface area contributed by atoms with Crippen LogP contribution in [0.5, 0.6) is 5.75 Å². The molecule has 1 fully saturated rings. The molecule has 8 nitrogen and oxygen atoms in total. The van der Waals surface area contributed by atoms with Gasteiger partial charge in [-0.2, -0.15) is 0 Å². The van der Waals surface area contributed by atoms with Crippen LogP contribution in [0.2, 0.25) is 0 Å². The van der Waals surface area contributed by atoms with Crippen molar-refractivity contribution in [2.75, 3.05) is 12.4 Å². The smallest absolute Gasteiger partial charge is 0.329 e. The highest BCUT2D eigenvalue weighted by Crippen LogP contribution is 2.36. The summed E-state index contributed by atoms with van der Waals surface area (Å²) in [5.74, 6) is -1.61. The molecule has 2 aromatic carbocycles. The summed E-state index contributed by atoms with van der Waals surface area (Å²) in [6.45, 7) is 1.48. The number of carbonyl (C=O) groups excluding carboxylic acids is 4. The van der Waals surface area contributed by atoms with Crippen molar-refractivity contribution >= 4 is 29.4 Å². The number of hydrogen-bond acceptors (Lipinski definition) is 6. The molecule has 1 N–H and O–H groups in total. The van der Waals surface area contributed by atoms with E-state index in [1.165, 1.54) is 6.92 Å². The molecule has 1 heterocycles. The maximum absolute atomic E-state index is 12.7. The average Bonchev–Trinajstić information content (AvgIpc) is 3.12. The van der Waals surface area contributed by atoms with Gasteiger partial charge in [-0.25, -0.2) is 4.79 Å². The second-order valence-corrected chi connectivity index (χ2v) is 8.37. The van der Waals surface area contributed by atoms with Crippen molar-refractivity contribution in [2.45, 2.75) is 32.4 Å². The van der Waals surface area contributed by atoms with Crippen molar-refractivity contribution in [3.05, 3.63) is 71.8 Å². The van der Waals surface area contributed by atoms with Gasteiger partial charge in [0.2, 0.25) is 11.8 Å². The first-order valence-corrected chi connectivity index (χ1v) is 11.1. The van der Waals surface area contributed by atoms with Crippen molar-refractivity contribution in [3.8, 4) is 5.75 Å². The Hall–Kier alpha value is -3.94. The molecule has 0 aromatic heterocycles. The maximum Gasteiger partial charge on any atom is 0.329 e. The third-order valence-electron chi connectivity index (χ3n) is 6.22. The minimum atomic E-state index is -0.986. The number of ether oxygens (including phenoxy) is 2. The van der Waals surface area contributed by atoms with Gasteiger partial charge in [0.15, 0.2) is 0 Å². The van der Waals surface area contributed by atoms with E-state index in [-0.39, 0.29) is 36.2 Å². The fraction of sp³-hybridized carbons (Fsp3) is 0.308. The molecule has 3 amide bonds. The zero-order chi connectivity index (χ0) is 24.2. The van der Waals surface area contributed by atoms with E-state index >= 15 is 0 Å². The Morgan fingerprint density at radius 1 is 0.971 bits per heavy atom. The number of fused-ring (bicyclic) bond motifs is 1. The number of anilines is 1. The number of amides is 3.